The van der Waals surface area contributed by atoms with Gasteiger partial charge in [-0.2, -0.15) is 0 Å². The summed E-state index contributed by atoms with van der Waals surface area (Å²) in [5.41, 5.74) is 0. The van der Waals surface area contributed by atoms with Gasteiger partial charge in [0.1, 0.15) is 6.04 Å². The Hall–Kier alpha value is -1.26. The lowest BCUT2D eigenvalue weighted by Gasteiger charge is -2.29. The Bertz CT molecular complexity index is 380. The first-order valence-electron chi connectivity index (χ1n) is 10.8. The quantitative estimate of drug-likeness (QED) is 0.350. The maximum atomic E-state index is 12.5. The van der Waals surface area contributed by atoms with Gasteiger partial charge >= 0.3 is 12.1 Å². The minimum Gasteiger partial charge on any atom is -0.464 e. The van der Waals surface area contributed by atoms with Gasteiger partial charge in [0, 0.05) is 0 Å². The predicted molar refractivity (Wildman–Crippen MR) is 104 cm³/mol. The first-order chi connectivity index (χ1) is 12.7. The molecule has 0 spiro atoms. The van der Waals surface area contributed by atoms with Crippen molar-refractivity contribution in [3.63, 3.8) is 0 Å². The number of rotatable bonds is 13. The molecule has 1 rings (SSSR count). The summed E-state index contributed by atoms with van der Waals surface area (Å²) in [6.45, 7) is 4.74. The van der Waals surface area contributed by atoms with Gasteiger partial charge in [0.25, 0.3) is 0 Å². The molecule has 1 aliphatic rings. The van der Waals surface area contributed by atoms with Crippen LogP contribution in [0.5, 0.6) is 0 Å². The van der Waals surface area contributed by atoms with Crippen LogP contribution in [0.3, 0.4) is 0 Å². The summed E-state index contributed by atoms with van der Waals surface area (Å²) in [5, 5.41) is 2.73. The van der Waals surface area contributed by atoms with Gasteiger partial charge in [-0.1, -0.05) is 71.1 Å². The topological polar surface area (TPSA) is 64.6 Å². The Morgan fingerprint density at radius 2 is 1.50 bits per heavy atom. The number of amides is 1. The smallest absolute Gasteiger partial charge is 0.407 e. The van der Waals surface area contributed by atoms with Crippen LogP contribution in [0.4, 0.5) is 4.79 Å². The Labute approximate surface area is 159 Å². The number of carbonyl (C=O) groups excluding carboxylic acids is 2. The number of esters is 1. The maximum absolute atomic E-state index is 12.5. The van der Waals surface area contributed by atoms with Crippen LogP contribution in [0.15, 0.2) is 0 Å². The molecular weight excluding hydrogens is 330 g/mol. The van der Waals surface area contributed by atoms with E-state index in [0.29, 0.717) is 13.2 Å². The number of carbonyl (C=O) groups is 2. The average molecular weight is 370 g/mol. The van der Waals surface area contributed by atoms with Gasteiger partial charge in [-0.05, 0) is 32.1 Å². The Balaban J connectivity index is 2.27. The highest BCUT2D eigenvalue weighted by Crippen LogP contribution is 2.27. The summed E-state index contributed by atoms with van der Waals surface area (Å²) in [5.74, 6) is -0.132. The minimum absolute atomic E-state index is 0.166. The molecule has 0 radical (unpaired) electrons. The molecule has 0 saturated heterocycles. The molecule has 1 saturated carbocycles. The highest BCUT2D eigenvalue weighted by Gasteiger charge is 2.32. The van der Waals surface area contributed by atoms with E-state index >= 15 is 0 Å². The van der Waals surface area contributed by atoms with Gasteiger partial charge in [-0.3, -0.25) is 0 Å². The molecule has 5 nitrogen and oxygen atoms in total. The van der Waals surface area contributed by atoms with Crippen LogP contribution in [0.1, 0.15) is 97.3 Å². The molecule has 1 aliphatic carbocycles. The summed E-state index contributed by atoms with van der Waals surface area (Å²) < 4.78 is 10.4. The second-order valence-corrected chi connectivity index (χ2v) is 7.38. The van der Waals surface area contributed by atoms with E-state index in [2.05, 4.69) is 12.2 Å². The minimum atomic E-state index is -0.566. The van der Waals surface area contributed by atoms with E-state index in [1.54, 1.807) is 6.92 Å². The van der Waals surface area contributed by atoms with Crippen molar-refractivity contribution in [2.24, 2.45) is 5.92 Å². The van der Waals surface area contributed by atoms with Crippen LogP contribution < -0.4 is 5.32 Å². The zero-order valence-electron chi connectivity index (χ0n) is 16.9. The summed E-state index contributed by atoms with van der Waals surface area (Å²) in [6, 6.07) is -0.566. The number of unbranched alkanes of at least 4 members (excludes halogenated alkanes) is 7. The van der Waals surface area contributed by atoms with Gasteiger partial charge in [-0.25, -0.2) is 9.59 Å². The highest BCUT2D eigenvalue weighted by atomic mass is 16.6. The number of ether oxygens (including phenoxy) is 2. The highest BCUT2D eigenvalue weighted by molar-refractivity contribution is 5.81. The van der Waals surface area contributed by atoms with Gasteiger partial charge in [0.15, 0.2) is 0 Å². The second kappa shape index (κ2) is 14.9. The second-order valence-electron chi connectivity index (χ2n) is 7.38. The van der Waals surface area contributed by atoms with E-state index < -0.39 is 12.1 Å². The Morgan fingerprint density at radius 1 is 0.885 bits per heavy atom. The van der Waals surface area contributed by atoms with Crippen molar-refractivity contribution in [3.8, 4) is 0 Å². The molecule has 152 valence electrons. The van der Waals surface area contributed by atoms with Gasteiger partial charge in [-0.15, -0.1) is 0 Å². The predicted octanol–water partition coefficient (Wildman–Crippen LogP) is 5.37. The Kier molecular flexibility index (Phi) is 13.0. The normalized spacial score (nSPS) is 16.1. The fourth-order valence-electron chi connectivity index (χ4n) is 3.63. The van der Waals surface area contributed by atoms with E-state index in [4.69, 9.17) is 9.47 Å². The van der Waals surface area contributed by atoms with Crippen LogP contribution in [0.2, 0.25) is 0 Å². The lowest BCUT2D eigenvalue weighted by Crippen LogP contribution is -2.47. The van der Waals surface area contributed by atoms with Crippen LogP contribution in [0.25, 0.3) is 0 Å². The zero-order valence-corrected chi connectivity index (χ0v) is 16.9. The van der Waals surface area contributed by atoms with Crippen molar-refractivity contribution in [1.29, 1.82) is 0 Å². The van der Waals surface area contributed by atoms with Crippen LogP contribution >= 0.6 is 0 Å². The SMILES string of the molecule is CCCCCCCCCCOC(=O)C(NC(=O)OCC)C1CCCCC1. The molecule has 1 amide bonds. The van der Waals surface area contributed by atoms with Crippen molar-refractivity contribution in [2.75, 3.05) is 13.2 Å². The van der Waals surface area contributed by atoms with Crippen LogP contribution in [-0.2, 0) is 14.3 Å². The monoisotopic (exact) mass is 369 g/mol. The summed E-state index contributed by atoms with van der Waals surface area (Å²) in [6.07, 6.45) is 14.5. The molecule has 0 aromatic carbocycles. The first kappa shape index (κ1) is 22.8. The molecule has 5 heteroatoms. The van der Waals surface area contributed by atoms with E-state index in [1.807, 2.05) is 0 Å². The molecular formula is C21H39NO4. The third-order valence-corrected chi connectivity index (χ3v) is 5.17. The number of hydrogen-bond donors (Lipinski definition) is 1. The van der Waals surface area contributed by atoms with Crippen molar-refractivity contribution in [1.82, 2.24) is 5.32 Å². The van der Waals surface area contributed by atoms with E-state index in [9.17, 15) is 9.59 Å². The zero-order chi connectivity index (χ0) is 19.0. The number of hydrogen-bond acceptors (Lipinski definition) is 4. The van der Waals surface area contributed by atoms with E-state index in [1.165, 1.54) is 44.9 Å². The van der Waals surface area contributed by atoms with Gasteiger partial charge in [0.2, 0.25) is 0 Å². The standard InChI is InChI=1S/C21H39NO4/c1-3-5-6-7-8-9-10-14-17-26-20(23)19(22-21(24)25-4-2)18-15-12-11-13-16-18/h18-19H,3-17H2,1-2H3,(H,22,24). The average Bonchev–Trinajstić information content (AvgIpc) is 2.65. The van der Waals surface area contributed by atoms with Crippen molar-refractivity contribution < 1.29 is 19.1 Å². The fourth-order valence-corrected chi connectivity index (χ4v) is 3.63. The molecule has 1 unspecified atom stereocenters. The van der Waals surface area contributed by atoms with Gasteiger partial charge < -0.3 is 14.8 Å². The molecule has 0 heterocycles. The molecule has 0 aliphatic heterocycles. The lowest BCUT2D eigenvalue weighted by atomic mass is 9.84. The number of alkyl carbamates (subject to hydrolysis) is 1. The molecule has 0 aromatic rings. The third kappa shape index (κ3) is 10.0. The van der Waals surface area contributed by atoms with E-state index in [-0.39, 0.29) is 11.9 Å². The largest absolute Gasteiger partial charge is 0.464 e. The van der Waals surface area contributed by atoms with Crippen molar-refractivity contribution >= 4 is 12.1 Å². The maximum Gasteiger partial charge on any atom is 0.407 e. The third-order valence-electron chi connectivity index (χ3n) is 5.17. The molecule has 0 bridgehead atoms. The summed E-state index contributed by atoms with van der Waals surface area (Å²) >= 11 is 0. The molecule has 0 aromatic heterocycles. The first-order valence-corrected chi connectivity index (χ1v) is 10.8. The van der Waals surface area contributed by atoms with Crippen molar-refractivity contribution in [3.05, 3.63) is 0 Å². The molecule has 1 N–H and O–H groups in total. The lowest BCUT2D eigenvalue weighted by molar-refractivity contribution is -0.148. The van der Waals surface area contributed by atoms with E-state index in [0.717, 1.165) is 38.5 Å². The van der Waals surface area contributed by atoms with Crippen molar-refractivity contribution in [2.45, 2.75) is 103 Å². The van der Waals surface area contributed by atoms with Crippen LogP contribution in [-0.4, -0.2) is 31.3 Å². The summed E-state index contributed by atoms with van der Waals surface area (Å²) in [7, 11) is 0. The molecule has 26 heavy (non-hydrogen) atoms. The summed E-state index contributed by atoms with van der Waals surface area (Å²) in [4.78, 5) is 24.3. The Morgan fingerprint density at radius 3 is 2.12 bits per heavy atom. The molecule has 1 atom stereocenters. The van der Waals surface area contributed by atoms with Gasteiger partial charge in [0.05, 0.1) is 13.2 Å². The molecule has 1 fully saturated rings. The van der Waals surface area contributed by atoms with Crippen LogP contribution in [0, 0.1) is 5.92 Å². The fraction of sp³-hybridized carbons (Fsp3) is 0.905. The number of nitrogens with one attached hydrogen (secondary N) is 1.